The SMILES string of the molecule is COc1ccc(CC[NH+](C)[C@@H](C)/C(O)=C(\C#N)c2nc3ccccc3[nH]2)cc1OC. The van der Waals surface area contributed by atoms with Crippen LogP contribution in [0.25, 0.3) is 16.6 Å². The summed E-state index contributed by atoms with van der Waals surface area (Å²) in [6, 6.07) is 15.2. The highest BCUT2D eigenvalue weighted by Gasteiger charge is 2.24. The third-order valence-corrected chi connectivity index (χ3v) is 5.40. The van der Waals surface area contributed by atoms with E-state index in [2.05, 4.69) is 16.0 Å². The van der Waals surface area contributed by atoms with Crippen molar-refractivity contribution in [1.29, 1.82) is 5.26 Å². The van der Waals surface area contributed by atoms with Crippen LogP contribution in [-0.4, -0.2) is 48.9 Å². The van der Waals surface area contributed by atoms with Crippen LogP contribution < -0.4 is 14.4 Å². The topological polar surface area (TPSA) is 95.6 Å². The van der Waals surface area contributed by atoms with E-state index in [4.69, 9.17) is 9.47 Å². The van der Waals surface area contributed by atoms with Crippen molar-refractivity contribution in [3.8, 4) is 17.6 Å². The number of benzene rings is 2. The van der Waals surface area contributed by atoms with Crippen LogP contribution in [0.1, 0.15) is 18.3 Å². The van der Waals surface area contributed by atoms with E-state index in [9.17, 15) is 10.4 Å². The Labute approximate surface area is 176 Å². The number of imidazole rings is 1. The number of hydrogen-bond donors (Lipinski definition) is 3. The highest BCUT2D eigenvalue weighted by atomic mass is 16.5. The number of allylic oxidation sites excluding steroid dienone is 1. The van der Waals surface area contributed by atoms with Crippen molar-refractivity contribution in [2.45, 2.75) is 19.4 Å². The van der Waals surface area contributed by atoms with Gasteiger partial charge in [-0.15, -0.1) is 0 Å². The van der Waals surface area contributed by atoms with Crippen LogP contribution in [-0.2, 0) is 6.42 Å². The summed E-state index contributed by atoms with van der Waals surface area (Å²) in [5.41, 5.74) is 2.87. The molecule has 1 heterocycles. The number of rotatable bonds is 8. The first-order valence-corrected chi connectivity index (χ1v) is 9.80. The number of H-pyrrole nitrogens is 1. The van der Waals surface area contributed by atoms with Crippen molar-refractivity contribution in [3.05, 3.63) is 59.6 Å². The lowest BCUT2D eigenvalue weighted by Crippen LogP contribution is -3.13. The molecule has 2 aromatic carbocycles. The number of para-hydroxylation sites is 2. The second-order valence-electron chi connectivity index (χ2n) is 7.23. The van der Waals surface area contributed by atoms with Gasteiger partial charge in [-0.25, -0.2) is 4.98 Å². The molecule has 0 radical (unpaired) electrons. The molecule has 0 aliphatic heterocycles. The number of quaternary nitrogens is 1. The molecule has 7 nitrogen and oxygen atoms in total. The number of fused-ring (bicyclic) bond motifs is 1. The van der Waals surface area contributed by atoms with Crippen LogP contribution in [0.5, 0.6) is 11.5 Å². The molecule has 2 atom stereocenters. The summed E-state index contributed by atoms with van der Waals surface area (Å²) in [6.07, 6.45) is 0.788. The average molecular weight is 407 g/mol. The van der Waals surface area contributed by atoms with Crippen LogP contribution in [0.2, 0.25) is 0 Å². The normalized spacial score (nSPS) is 14.0. The van der Waals surface area contributed by atoms with Gasteiger partial charge < -0.3 is 24.5 Å². The lowest BCUT2D eigenvalue weighted by atomic mass is 10.1. The minimum Gasteiger partial charge on any atom is -0.505 e. The van der Waals surface area contributed by atoms with Crippen molar-refractivity contribution in [2.24, 2.45) is 0 Å². The molecule has 1 aromatic heterocycles. The van der Waals surface area contributed by atoms with E-state index in [-0.39, 0.29) is 17.4 Å². The molecule has 30 heavy (non-hydrogen) atoms. The Kier molecular flexibility index (Phi) is 6.60. The first-order valence-electron chi connectivity index (χ1n) is 9.80. The quantitative estimate of drug-likeness (QED) is 0.394. The smallest absolute Gasteiger partial charge is 0.172 e. The molecule has 7 heteroatoms. The Bertz CT molecular complexity index is 1060. The van der Waals surface area contributed by atoms with Gasteiger partial charge >= 0.3 is 0 Å². The van der Waals surface area contributed by atoms with Gasteiger partial charge in [-0.1, -0.05) is 18.2 Å². The second-order valence-corrected chi connectivity index (χ2v) is 7.23. The number of aromatic amines is 1. The molecular formula is C23H27N4O3+. The van der Waals surface area contributed by atoms with E-state index in [0.29, 0.717) is 17.3 Å². The Morgan fingerprint density at radius 3 is 2.60 bits per heavy atom. The lowest BCUT2D eigenvalue weighted by Gasteiger charge is -2.22. The Balaban J connectivity index is 1.75. The molecule has 0 aliphatic rings. The van der Waals surface area contributed by atoms with Crippen LogP contribution in [0.15, 0.2) is 48.2 Å². The molecule has 0 fully saturated rings. The zero-order valence-electron chi connectivity index (χ0n) is 17.7. The minimum atomic E-state index is -0.270. The van der Waals surface area contributed by atoms with Crippen LogP contribution >= 0.6 is 0 Å². The van der Waals surface area contributed by atoms with Gasteiger partial charge in [-0.3, -0.25) is 0 Å². The van der Waals surface area contributed by atoms with E-state index in [1.165, 1.54) is 0 Å². The van der Waals surface area contributed by atoms with E-state index < -0.39 is 0 Å². The van der Waals surface area contributed by atoms with Gasteiger partial charge in [-0.05, 0) is 36.8 Å². The summed E-state index contributed by atoms with van der Waals surface area (Å²) in [4.78, 5) is 8.64. The number of nitrogens with zero attached hydrogens (tertiary/aromatic N) is 2. The van der Waals surface area contributed by atoms with Gasteiger partial charge in [0.2, 0.25) is 0 Å². The summed E-state index contributed by atoms with van der Waals surface area (Å²) < 4.78 is 10.6. The largest absolute Gasteiger partial charge is 0.505 e. The summed E-state index contributed by atoms with van der Waals surface area (Å²) in [5.74, 6) is 1.80. The van der Waals surface area contributed by atoms with Gasteiger partial charge in [0.1, 0.15) is 17.7 Å². The summed E-state index contributed by atoms with van der Waals surface area (Å²) >= 11 is 0. The summed E-state index contributed by atoms with van der Waals surface area (Å²) in [5, 5.41) is 20.5. The fourth-order valence-electron chi connectivity index (χ4n) is 3.35. The molecule has 1 unspecified atom stereocenters. The fraction of sp³-hybridized carbons (Fsp3) is 0.304. The Morgan fingerprint density at radius 1 is 1.20 bits per heavy atom. The van der Waals surface area contributed by atoms with Crippen molar-refractivity contribution < 1.29 is 19.5 Å². The first-order chi connectivity index (χ1) is 14.5. The van der Waals surface area contributed by atoms with Crippen LogP contribution in [0, 0.1) is 11.3 Å². The molecule has 0 saturated heterocycles. The van der Waals surface area contributed by atoms with Crippen molar-refractivity contribution in [3.63, 3.8) is 0 Å². The molecule has 0 saturated carbocycles. The number of hydrogen-bond acceptors (Lipinski definition) is 5. The molecule has 3 N–H and O–H groups in total. The monoisotopic (exact) mass is 407 g/mol. The predicted molar refractivity (Wildman–Crippen MR) is 116 cm³/mol. The minimum absolute atomic E-state index is 0.0290. The van der Waals surface area contributed by atoms with Crippen molar-refractivity contribution in [1.82, 2.24) is 9.97 Å². The highest BCUT2D eigenvalue weighted by Crippen LogP contribution is 2.27. The zero-order valence-corrected chi connectivity index (χ0v) is 17.7. The van der Waals surface area contributed by atoms with Gasteiger partial charge in [0.25, 0.3) is 0 Å². The maximum atomic E-state index is 10.8. The maximum Gasteiger partial charge on any atom is 0.172 e. The fourth-order valence-corrected chi connectivity index (χ4v) is 3.35. The van der Waals surface area contributed by atoms with Gasteiger partial charge in [0.05, 0.1) is 38.8 Å². The molecule has 156 valence electrons. The van der Waals surface area contributed by atoms with E-state index in [1.54, 1.807) is 14.2 Å². The summed E-state index contributed by atoms with van der Waals surface area (Å²) in [7, 11) is 5.22. The van der Waals surface area contributed by atoms with Crippen molar-refractivity contribution in [2.75, 3.05) is 27.8 Å². The van der Waals surface area contributed by atoms with Gasteiger partial charge in [-0.2, -0.15) is 5.26 Å². The number of nitriles is 1. The molecule has 0 aliphatic carbocycles. The molecule has 0 spiro atoms. The van der Waals surface area contributed by atoms with Gasteiger partial charge in [0.15, 0.2) is 23.1 Å². The third-order valence-electron chi connectivity index (χ3n) is 5.40. The Morgan fingerprint density at radius 2 is 1.93 bits per heavy atom. The number of aliphatic hydroxyl groups excluding tert-OH is 1. The molecule has 3 aromatic rings. The molecule has 0 bridgehead atoms. The Hall–Kier alpha value is -3.50. The van der Waals surface area contributed by atoms with E-state index in [1.807, 2.05) is 56.4 Å². The van der Waals surface area contributed by atoms with E-state index in [0.717, 1.165) is 34.5 Å². The van der Waals surface area contributed by atoms with E-state index >= 15 is 0 Å². The highest BCUT2D eigenvalue weighted by molar-refractivity contribution is 5.82. The predicted octanol–water partition coefficient (Wildman–Crippen LogP) is 2.52. The number of aliphatic hydroxyl groups is 1. The number of nitrogens with one attached hydrogen (secondary N) is 2. The van der Waals surface area contributed by atoms with Crippen LogP contribution in [0.4, 0.5) is 0 Å². The van der Waals surface area contributed by atoms with Gasteiger partial charge in [0, 0.05) is 6.42 Å². The number of methoxy groups -OCH3 is 2. The first kappa shape index (κ1) is 21.2. The summed E-state index contributed by atoms with van der Waals surface area (Å²) in [6.45, 7) is 2.67. The van der Waals surface area contributed by atoms with Crippen LogP contribution in [0.3, 0.4) is 0 Å². The van der Waals surface area contributed by atoms with Crippen molar-refractivity contribution >= 4 is 16.6 Å². The lowest BCUT2D eigenvalue weighted by molar-refractivity contribution is -0.899. The second kappa shape index (κ2) is 9.33. The molecule has 0 amide bonds. The maximum absolute atomic E-state index is 10.8. The average Bonchev–Trinajstić information content (AvgIpc) is 3.20. The standard InChI is InChI=1S/C23H26N4O3/c1-15(27(2)12-11-16-9-10-20(29-3)21(13-16)30-4)22(28)17(14-24)23-25-18-7-5-6-8-19(18)26-23/h5-10,13,15,28H,11-12H2,1-4H3,(H,25,26)/p+1/b22-17-/t15-/m0/s1. The number of aromatic nitrogens is 2. The zero-order chi connectivity index (χ0) is 21.7. The molecular weight excluding hydrogens is 380 g/mol. The molecule has 3 rings (SSSR count). The number of ether oxygens (including phenoxy) is 2. The number of likely N-dealkylation sites (N-methyl/N-ethyl adjacent to an activating group) is 1. The third kappa shape index (κ3) is 4.39.